The van der Waals surface area contributed by atoms with Gasteiger partial charge in [-0.2, -0.15) is 0 Å². The number of nitrogens with zero attached hydrogens (tertiary/aromatic N) is 2. The molecule has 2 rings (SSSR count). The normalized spacial score (nSPS) is 23.6. The predicted octanol–water partition coefficient (Wildman–Crippen LogP) is 1.09. The summed E-state index contributed by atoms with van der Waals surface area (Å²) in [6, 6.07) is 0. The van der Waals surface area contributed by atoms with Crippen molar-refractivity contribution in [2.45, 2.75) is 45.1 Å². The lowest BCUT2D eigenvalue weighted by Crippen LogP contribution is -2.52. The second-order valence-electron chi connectivity index (χ2n) is 6.40. The smallest absolute Gasteiger partial charge is 0.225 e. The Kier molecular flexibility index (Phi) is 4.28. The lowest BCUT2D eigenvalue weighted by atomic mass is 10.1. The van der Waals surface area contributed by atoms with Gasteiger partial charge >= 0.3 is 0 Å². The summed E-state index contributed by atoms with van der Waals surface area (Å²) < 4.78 is 0. The van der Waals surface area contributed by atoms with Gasteiger partial charge in [-0.15, -0.1) is 0 Å². The molecule has 1 aliphatic heterocycles. The van der Waals surface area contributed by atoms with Crippen LogP contribution in [0.15, 0.2) is 0 Å². The summed E-state index contributed by atoms with van der Waals surface area (Å²) >= 11 is 0. The number of β-amino-alcohol motifs (C(OH)–C–C–N with tert-alkyl or cyclic N) is 1. The molecule has 18 heavy (non-hydrogen) atoms. The van der Waals surface area contributed by atoms with Gasteiger partial charge in [0.05, 0.1) is 5.60 Å². The number of carbonyl (C=O) groups excluding carboxylic acids is 1. The number of aliphatic hydroxyl groups is 1. The van der Waals surface area contributed by atoms with Crippen LogP contribution in [0.3, 0.4) is 0 Å². The fourth-order valence-electron chi connectivity index (χ4n) is 3.10. The van der Waals surface area contributed by atoms with Crippen LogP contribution in [0.2, 0.25) is 0 Å². The zero-order valence-corrected chi connectivity index (χ0v) is 11.7. The van der Waals surface area contributed by atoms with E-state index in [2.05, 4.69) is 4.90 Å². The Bertz CT molecular complexity index is 285. The minimum atomic E-state index is -0.641. The zero-order valence-electron chi connectivity index (χ0n) is 11.7. The third-order valence-corrected chi connectivity index (χ3v) is 4.00. The van der Waals surface area contributed by atoms with Crippen LogP contribution in [0.4, 0.5) is 0 Å². The van der Waals surface area contributed by atoms with Gasteiger partial charge in [0.25, 0.3) is 0 Å². The van der Waals surface area contributed by atoms with Gasteiger partial charge in [0.1, 0.15) is 0 Å². The number of rotatable bonds is 3. The van der Waals surface area contributed by atoms with Crippen LogP contribution < -0.4 is 0 Å². The van der Waals surface area contributed by atoms with Crippen LogP contribution in [0.5, 0.6) is 0 Å². The average Bonchev–Trinajstić information content (AvgIpc) is 2.80. The van der Waals surface area contributed by atoms with Crippen molar-refractivity contribution in [3.8, 4) is 0 Å². The first kappa shape index (κ1) is 13.8. The number of hydrogen-bond donors (Lipinski definition) is 1. The maximum atomic E-state index is 12.3. The molecular formula is C14H26N2O2. The van der Waals surface area contributed by atoms with E-state index in [9.17, 15) is 9.90 Å². The van der Waals surface area contributed by atoms with Gasteiger partial charge in [-0.25, -0.2) is 0 Å². The Morgan fingerprint density at radius 1 is 1.17 bits per heavy atom. The molecule has 1 saturated heterocycles. The molecule has 0 spiro atoms. The molecule has 2 fully saturated rings. The maximum absolute atomic E-state index is 12.3. The van der Waals surface area contributed by atoms with Gasteiger partial charge in [0.15, 0.2) is 0 Å². The lowest BCUT2D eigenvalue weighted by molar-refractivity contribution is -0.137. The fourth-order valence-corrected chi connectivity index (χ4v) is 3.10. The van der Waals surface area contributed by atoms with Crippen molar-refractivity contribution in [2.75, 3.05) is 32.7 Å². The predicted molar refractivity (Wildman–Crippen MR) is 71.3 cm³/mol. The van der Waals surface area contributed by atoms with Gasteiger partial charge in [0, 0.05) is 38.6 Å². The van der Waals surface area contributed by atoms with E-state index in [1.807, 2.05) is 18.7 Å². The molecule has 0 bridgehead atoms. The van der Waals surface area contributed by atoms with Gasteiger partial charge < -0.3 is 10.0 Å². The van der Waals surface area contributed by atoms with E-state index < -0.39 is 5.60 Å². The Morgan fingerprint density at radius 2 is 1.72 bits per heavy atom. The number of carbonyl (C=O) groups is 1. The molecule has 2 aliphatic rings. The van der Waals surface area contributed by atoms with E-state index in [-0.39, 0.29) is 0 Å². The molecule has 1 N–H and O–H groups in total. The Morgan fingerprint density at radius 3 is 2.22 bits per heavy atom. The van der Waals surface area contributed by atoms with Gasteiger partial charge in [-0.05, 0) is 26.7 Å². The molecule has 1 heterocycles. The van der Waals surface area contributed by atoms with E-state index in [4.69, 9.17) is 0 Å². The van der Waals surface area contributed by atoms with Gasteiger partial charge in [0.2, 0.25) is 5.91 Å². The first-order valence-corrected chi connectivity index (χ1v) is 7.19. The number of hydrogen-bond acceptors (Lipinski definition) is 3. The summed E-state index contributed by atoms with van der Waals surface area (Å²) in [5, 5.41) is 9.80. The molecule has 0 aromatic carbocycles. The molecule has 4 nitrogen and oxygen atoms in total. The highest BCUT2D eigenvalue weighted by atomic mass is 16.3. The molecule has 0 atom stereocenters. The molecule has 0 aromatic rings. The fraction of sp³-hybridized carbons (Fsp3) is 0.929. The van der Waals surface area contributed by atoms with Crippen LogP contribution in [-0.2, 0) is 4.79 Å². The largest absolute Gasteiger partial charge is 0.389 e. The molecule has 1 aliphatic carbocycles. The molecular weight excluding hydrogens is 228 g/mol. The molecule has 1 saturated carbocycles. The van der Waals surface area contributed by atoms with E-state index >= 15 is 0 Å². The second-order valence-corrected chi connectivity index (χ2v) is 6.40. The molecule has 0 radical (unpaired) electrons. The quantitative estimate of drug-likeness (QED) is 0.820. The molecule has 1 amide bonds. The second kappa shape index (κ2) is 5.57. The van der Waals surface area contributed by atoms with E-state index in [1.165, 1.54) is 12.8 Å². The summed E-state index contributed by atoms with van der Waals surface area (Å²) in [7, 11) is 0. The highest BCUT2D eigenvalue weighted by Crippen LogP contribution is 2.27. The third-order valence-electron chi connectivity index (χ3n) is 4.00. The standard InChI is InChI=1S/C14H26N2O2/c1-14(2,18)11-15-7-9-16(10-8-15)13(17)12-5-3-4-6-12/h12,18H,3-11H2,1-2H3. The number of piperazine rings is 1. The summed E-state index contributed by atoms with van der Waals surface area (Å²) in [6.07, 6.45) is 4.61. The summed E-state index contributed by atoms with van der Waals surface area (Å²) in [4.78, 5) is 16.5. The monoisotopic (exact) mass is 254 g/mol. The summed E-state index contributed by atoms with van der Waals surface area (Å²) in [6.45, 7) is 7.80. The summed E-state index contributed by atoms with van der Waals surface area (Å²) in [5.41, 5.74) is -0.641. The number of amides is 1. The van der Waals surface area contributed by atoms with E-state index in [0.717, 1.165) is 39.0 Å². The van der Waals surface area contributed by atoms with Gasteiger partial charge in [-0.3, -0.25) is 9.69 Å². The minimum Gasteiger partial charge on any atom is -0.389 e. The maximum Gasteiger partial charge on any atom is 0.225 e. The van der Waals surface area contributed by atoms with Crippen LogP contribution in [0.1, 0.15) is 39.5 Å². The van der Waals surface area contributed by atoms with Crippen molar-refractivity contribution in [1.82, 2.24) is 9.80 Å². The third kappa shape index (κ3) is 3.69. The summed E-state index contributed by atoms with van der Waals surface area (Å²) in [5.74, 6) is 0.668. The van der Waals surface area contributed by atoms with Gasteiger partial charge in [-0.1, -0.05) is 12.8 Å². The first-order chi connectivity index (χ1) is 8.46. The van der Waals surface area contributed by atoms with Crippen LogP contribution >= 0.6 is 0 Å². The van der Waals surface area contributed by atoms with Crippen molar-refractivity contribution >= 4 is 5.91 Å². The SMILES string of the molecule is CC(C)(O)CN1CCN(C(=O)C2CCCC2)CC1. The molecule has 4 heteroatoms. The lowest BCUT2D eigenvalue weighted by Gasteiger charge is -2.38. The minimum absolute atomic E-state index is 0.297. The molecule has 104 valence electrons. The van der Waals surface area contributed by atoms with Crippen molar-refractivity contribution in [3.63, 3.8) is 0 Å². The topological polar surface area (TPSA) is 43.8 Å². The van der Waals surface area contributed by atoms with E-state index in [1.54, 1.807) is 0 Å². The molecule has 0 unspecified atom stereocenters. The van der Waals surface area contributed by atoms with E-state index in [0.29, 0.717) is 18.4 Å². The van der Waals surface area contributed by atoms with Crippen LogP contribution in [-0.4, -0.2) is 59.1 Å². The Labute approximate surface area is 110 Å². The van der Waals surface area contributed by atoms with Crippen molar-refractivity contribution in [2.24, 2.45) is 5.92 Å². The van der Waals surface area contributed by atoms with Crippen LogP contribution in [0.25, 0.3) is 0 Å². The van der Waals surface area contributed by atoms with Crippen molar-refractivity contribution in [3.05, 3.63) is 0 Å². The van der Waals surface area contributed by atoms with Crippen LogP contribution in [0, 0.1) is 5.92 Å². The van der Waals surface area contributed by atoms with Crippen molar-refractivity contribution < 1.29 is 9.90 Å². The van der Waals surface area contributed by atoms with Crippen molar-refractivity contribution in [1.29, 1.82) is 0 Å². The average molecular weight is 254 g/mol. The Hall–Kier alpha value is -0.610. The Balaban J connectivity index is 1.77. The first-order valence-electron chi connectivity index (χ1n) is 7.19. The highest BCUT2D eigenvalue weighted by molar-refractivity contribution is 5.79. The molecule has 0 aromatic heterocycles. The zero-order chi connectivity index (χ0) is 13.2. The highest BCUT2D eigenvalue weighted by Gasteiger charge is 2.30.